The summed E-state index contributed by atoms with van der Waals surface area (Å²) in [5.41, 5.74) is 3.05. The molecule has 0 aromatic carbocycles. The number of oxime groups is 1. The van der Waals surface area contributed by atoms with Gasteiger partial charge in [0.25, 0.3) is 5.91 Å². The van der Waals surface area contributed by atoms with Gasteiger partial charge in [-0.25, -0.2) is 19.9 Å². The molecule has 1 aliphatic rings. The molecule has 34 heavy (non-hydrogen) atoms. The number of aromatic nitrogens is 5. The van der Waals surface area contributed by atoms with Crippen LogP contribution in [0.15, 0.2) is 36.0 Å². The van der Waals surface area contributed by atoms with Gasteiger partial charge < -0.3 is 20.5 Å². The first-order valence-electron chi connectivity index (χ1n) is 10.8. The van der Waals surface area contributed by atoms with Crippen LogP contribution in [-0.2, 0) is 21.5 Å². The number of hydrogen-bond acceptors (Lipinski definition) is 8. The van der Waals surface area contributed by atoms with Crippen LogP contribution in [-0.4, -0.2) is 49.0 Å². The number of anilines is 1. The van der Waals surface area contributed by atoms with Crippen molar-refractivity contribution in [3.8, 4) is 0 Å². The van der Waals surface area contributed by atoms with Gasteiger partial charge >= 0.3 is 0 Å². The van der Waals surface area contributed by atoms with Gasteiger partial charge in [0.15, 0.2) is 11.5 Å². The Morgan fingerprint density at radius 3 is 2.82 bits per heavy atom. The van der Waals surface area contributed by atoms with E-state index in [1.807, 2.05) is 12.1 Å². The van der Waals surface area contributed by atoms with Crippen molar-refractivity contribution in [1.82, 2.24) is 30.2 Å². The molecule has 0 fully saturated rings. The number of H-pyrrole nitrogens is 1. The normalized spacial score (nSPS) is 14.5. The molecule has 0 aliphatic carbocycles. The van der Waals surface area contributed by atoms with E-state index in [-0.39, 0.29) is 29.2 Å². The first-order chi connectivity index (χ1) is 16.1. The lowest BCUT2D eigenvalue weighted by Crippen LogP contribution is -2.36. The highest BCUT2D eigenvalue weighted by Crippen LogP contribution is 2.23. The average molecular weight is 463 g/mol. The molecule has 3 aromatic rings. The summed E-state index contributed by atoms with van der Waals surface area (Å²) >= 11 is 0. The Balaban J connectivity index is 1.37. The number of aromatic amines is 1. The van der Waals surface area contributed by atoms with Crippen LogP contribution in [0.1, 0.15) is 61.7 Å². The molecule has 176 valence electrons. The van der Waals surface area contributed by atoms with E-state index >= 15 is 0 Å². The summed E-state index contributed by atoms with van der Waals surface area (Å²) < 4.78 is 0. The zero-order valence-electron chi connectivity index (χ0n) is 19.5. The molecule has 0 spiro atoms. The maximum atomic E-state index is 12.7. The second-order valence-electron chi connectivity index (χ2n) is 9.02. The lowest BCUT2D eigenvalue weighted by molar-refractivity contribution is -0.116. The van der Waals surface area contributed by atoms with E-state index in [4.69, 9.17) is 4.84 Å². The average Bonchev–Trinajstić information content (AvgIpc) is 3.19. The minimum absolute atomic E-state index is 0.0815. The number of imidazole rings is 1. The van der Waals surface area contributed by atoms with Crippen molar-refractivity contribution in [2.75, 3.05) is 5.32 Å². The molecule has 3 aromatic heterocycles. The summed E-state index contributed by atoms with van der Waals surface area (Å²) in [5, 5.41) is 9.34. The number of nitrogens with one attached hydrogen (secondary N) is 3. The second kappa shape index (κ2) is 9.00. The Labute approximate surface area is 196 Å². The van der Waals surface area contributed by atoms with Crippen molar-refractivity contribution in [3.63, 3.8) is 0 Å². The lowest BCUT2D eigenvalue weighted by atomic mass is 9.92. The third kappa shape index (κ3) is 4.92. The number of carbonyl (C=O) groups excluding carboxylic acids is 2. The van der Waals surface area contributed by atoms with E-state index in [9.17, 15) is 9.59 Å². The molecular formula is C23H26N8O3. The minimum atomic E-state index is -0.555. The van der Waals surface area contributed by atoms with Crippen LogP contribution >= 0.6 is 0 Å². The van der Waals surface area contributed by atoms with Crippen molar-refractivity contribution in [2.24, 2.45) is 5.16 Å². The standard InChI is InChI=1S/C23H26N8O3/c1-12(27-22(33)19-14-6-9-18(32)31-20(14)25-11-24-19)13(2)34-26-10-17-28-15-7-8-16(23(3,4)5)29-21(15)30-17/h7-8,10-12H,2,6,9H2,1,3-5H3,(H,27,33)(H,28,29,30)(H,24,25,31,32)/b26-10+. The number of nitrogens with zero attached hydrogens (tertiary/aromatic N) is 5. The van der Waals surface area contributed by atoms with Gasteiger partial charge in [-0.2, -0.15) is 0 Å². The van der Waals surface area contributed by atoms with Crippen LogP contribution in [0.4, 0.5) is 5.82 Å². The molecule has 0 bridgehead atoms. The van der Waals surface area contributed by atoms with Gasteiger partial charge in [0.05, 0.1) is 11.6 Å². The zero-order valence-corrected chi connectivity index (χ0v) is 19.5. The van der Waals surface area contributed by atoms with Crippen molar-refractivity contribution in [1.29, 1.82) is 0 Å². The Morgan fingerprint density at radius 2 is 2.06 bits per heavy atom. The summed E-state index contributed by atoms with van der Waals surface area (Å²) in [6, 6.07) is 3.34. The Hall–Kier alpha value is -4.15. The van der Waals surface area contributed by atoms with Gasteiger partial charge in [0.1, 0.15) is 29.8 Å². The van der Waals surface area contributed by atoms with Crippen LogP contribution in [0, 0.1) is 0 Å². The lowest BCUT2D eigenvalue weighted by Gasteiger charge is -2.19. The van der Waals surface area contributed by atoms with Crippen LogP contribution < -0.4 is 10.6 Å². The Kier molecular flexibility index (Phi) is 6.10. The number of carbonyl (C=O) groups is 2. The van der Waals surface area contributed by atoms with Gasteiger partial charge in [0.2, 0.25) is 5.91 Å². The van der Waals surface area contributed by atoms with Gasteiger partial charge in [0, 0.05) is 23.1 Å². The first-order valence-corrected chi connectivity index (χ1v) is 10.8. The van der Waals surface area contributed by atoms with E-state index in [1.54, 1.807) is 6.92 Å². The third-order valence-electron chi connectivity index (χ3n) is 5.33. The largest absolute Gasteiger partial charge is 0.360 e. The fourth-order valence-corrected chi connectivity index (χ4v) is 3.34. The van der Waals surface area contributed by atoms with E-state index in [1.165, 1.54) is 12.5 Å². The van der Waals surface area contributed by atoms with Crippen molar-refractivity contribution in [2.45, 2.75) is 52.0 Å². The molecule has 1 aliphatic heterocycles. The van der Waals surface area contributed by atoms with E-state index in [0.717, 1.165) is 11.2 Å². The summed E-state index contributed by atoms with van der Waals surface area (Å²) in [4.78, 5) is 49.9. The topological polar surface area (TPSA) is 147 Å². The number of hydrogen-bond donors (Lipinski definition) is 3. The zero-order chi connectivity index (χ0) is 24.5. The molecule has 11 nitrogen and oxygen atoms in total. The SMILES string of the molecule is C=C(O/N=C/c1nc2nc(C(C)(C)C)ccc2[nH]1)C(C)NC(=O)c1ncnc2c1CCC(=O)N2. The second-order valence-corrected chi connectivity index (χ2v) is 9.02. The van der Waals surface area contributed by atoms with Gasteiger partial charge in [-0.3, -0.25) is 9.59 Å². The van der Waals surface area contributed by atoms with Crippen LogP contribution in [0.5, 0.6) is 0 Å². The molecular weight excluding hydrogens is 436 g/mol. The van der Waals surface area contributed by atoms with E-state index in [0.29, 0.717) is 29.3 Å². The fourth-order valence-electron chi connectivity index (χ4n) is 3.34. The highest BCUT2D eigenvalue weighted by atomic mass is 16.6. The van der Waals surface area contributed by atoms with Gasteiger partial charge in [-0.1, -0.05) is 32.5 Å². The minimum Gasteiger partial charge on any atom is -0.360 e. The summed E-state index contributed by atoms with van der Waals surface area (Å²) in [7, 11) is 0. The highest BCUT2D eigenvalue weighted by Gasteiger charge is 2.24. The molecule has 2 amide bonds. The first kappa shape index (κ1) is 23.0. The molecule has 0 saturated heterocycles. The highest BCUT2D eigenvalue weighted by molar-refractivity contribution is 5.99. The Bertz CT molecular complexity index is 1310. The molecule has 4 heterocycles. The fraction of sp³-hybridized carbons (Fsp3) is 0.348. The van der Waals surface area contributed by atoms with Crippen molar-refractivity contribution < 1.29 is 14.4 Å². The number of rotatable bonds is 6. The molecule has 1 unspecified atom stereocenters. The Morgan fingerprint density at radius 1 is 1.26 bits per heavy atom. The predicted molar refractivity (Wildman–Crippen MR) is 126 cm³/mol. The van der Waals surface area contributed by atoms with Crippen molar-refractivity contribution in [3.05, 3.63) is 53.6 Å². The number of fused-ring (bicyclic) bond motifs is 2. The predicted octanol–water partition coefficient (Wildman–Crippen LogP) is 2.61. The van der Waals surface area contributed by atoms with E-state index in [2.05, 4.69) is 68.1 Å². The molecule has 11 heteroatoms. The number of pyridine rings is 1. The molecule has 1 atom stereocenters. The third-order valence-corrected chi connectivity index (χ3v) is 5.33. The summed E-state index contributed by atoms with van der Waals surface area (Å²) in [6.45, 7) is 11.8. The number of amides is 2. The van der Waals surface area contributed by atoms with Gasteiger partial charge in [-0.15, -0.1) is 0 Å². The quantitative estimate of drug-likeness (QED) is 0.290. The van der Waals surface area contributed by atoms with Crippen LogP contribution in [0.2, 0.25) is 0 Å². The summed E-state index contributed by atoms with van der Waals surface area (Å²) in [5.74, 6) is 0.506. The molecule has 4 rings (SSSR count). The van der Waals surface area contributed by atoms with Crippen molar-refractivity contribution >= 4 is 35.0 Å². The summed E-state index contributed by atoms with van der Waals surface area (Å²) in [6.07, 6.45) is 3.33. The van der Waals surface area contributed by atoms with Crippen LogP contribution in [0.3, 0.4) is 0 Å². The molecule has 0 radical (unpaired) electrons. The monoisotopic (exact) mass is 462 g/mol. The maximum absolute atomic E-state index is 12.7. The van der Waals surface area contributed by atoms with E-state index < -0.39 is 11.9 Å². The smallest absolute Gasteiger partial charge is 0.270 e. The van der Waals surface area contributed by atoms with Gasteiger partial charge in [-0.05, 0) is 25.5 Å². The molecule has 0 saturated carbocycles. The van der Waals surface area contributed by atoms with Crippen LogP contribution in [0.25, 0.3) is 11.2 Å². The molecule has 3 N–H and O–H groups in total. The maximum Gasteiger partial charge on any atom is 0.270 e.